The second-order valence-electron chi connectivity index (χ2n) is 6.58. The van der Waals surface area contributed by atoms with E-state index in [0.29, 0.717) is 16.1 Å². The molecule has 6 nitrogen and oxygen atoms in total. The van der Waals surface area contributed by atoms with E-state index in [-0.39, 0.29) is 23.6 Å². The van der Waals surface area contributed by atoms with Gasteiger partial charge >= 0.3 is 0 Å². The molecule has 0 saturated carbocycles. The molecule has 0 atom stereocenters. The van der Waals surface area contributed by atoms with E-state index in [1.54, 1.807) is 30.6 Å². The molecular formula is C21H16ClFN4O2. The second-order valence-corrected chi connectivity index (χ2v) is 6.95. The summed E-state index contributed by atoms with van der Waals surface area (Å²) in [6.45, 7) is 0.145. The maximum absolute atomic E-state index is 13.9. The van der Waals surface area contributed by atoms with E-state index in [0.717, 1.165) is 22.6 Å². The summed E-state index contributed by atoms with van der Waals surface area (Å²) < 4.78 is 15.4. The van der Waals surface area contributed by atoms with Gasteiger partial charge in [0, 0.05) is 29.8 Å². The fourth-order valence-electron chi connectivity index (χ4n) is 3.27. The molecule has 2 N–H and O–H groups in total. The lowest BCUT2D eigenvalue weighted by atomic mass is 10.0. The molecule has 0 spiro atoms. The average molecular weight is 411 g/mol. The fourth-order valence-corrected chi connectivity index (χ4v) is 3.47. The number of fused-ring (bicyclic) bond motifs is 1. The van der Waals surface area contributed by atoms with Crippen LogP contribution < -0.4 is 10.9 Å². The molecular weight excluding hydrogens is 395 g/mol. The van der Waals surface area contributed by atoms with Gasteiger partial charge in [-0.3, -0.25) is 14.7 Å². The number of halogens is 2. The van der Waals surface area contributed by atoms with E-state index in [1.165, 1.54) is 17.7 Å². The molecule has 2 heterocycles. The maximum Gasteiger partial charge on any atom is 0.258 e. The number of nitrogens with zero attached hydrogens (tertiary/aromatic N) is 2. The predicted molar refractivity (Wildman–Crippen MR) is 110 cm³/mol. The number of carbonyl (C=O) groups is 1. The number of rotatable bonds is 4. The first-order valence-corrected chi connectivity index (χ1v) is 9.18. The Morgan fingerprint density at radius 2 is 2.07 bits per heavy atom. The van der Waals surface area contributed by atoms with Crippen molar-refractivity contribution in [3.8, 4) is 11.1 Å². The zero-order chi connectivity index (χ0) is 20.5. The smallest absolute Gasteiger partial charge is 0.258 e. The largest absolute Gasteiger partial charge is 0.355 e. The molecule has 0 aliphatic heterocycles. The van der Waals surface area contributed by atoms with Crippen LogP contribution in [0.5, 0.6) is 0 Å². The van der Waals surface area contributed by atoms with Crippen molar-refractivity contribution in [1.29, 1.82) is 0 Å². The van der Waals surface area contributed by atoms with Gasteiger partial charge < -0.3 is 9.88 Å². The lowest BCUT2D eigenvalue weighted by molar-refractivity contribution is 0.0962. The van der Waals surface area contributed by atoms with Crippen LogP contribution in [0.15, 0.2) is 59.7 Å². The topological polar surface area (TPSA) is 79.8 Å². The Balaban J connectivity index is 1.72. The molecule has 8 heteroatoms. The number of hydrogen-bond acceptors (Lipinski definition) is 3. The van der Waals surface area contributed by atoms with E-state index in [2.05, 4.69) is 15.5 Å². The number of benzene rings is 2. The zero-order valence-electron chi connectivity index (χ0n) is 15.4. The van der Waals surface area contributed by atoms with Gasteiger partial charge in [-0.25, -0.2) is 4.39 Å². The standard InChI is InChI=1S/C21H16ClFN4O2/c1-24-20(28)15-6-12(7-16(23)9-15)11-27-5-4-14-8-13(2-3-17(14)21(27)29)18-10-25-26-19(18)22/h2-10H,11H2,1H3,(H,24,28)(H,25,26). The molecule has 4 aromatic rings. The van der Waals surface area contributed by atoms with Gasteiger partial charge in [-0.1, -0.05) is 17.7 Å². The zero-order valence-corrected chi connectivity index (χ0v) is 16.1. The van der Waals surface area contributed by atoms with Crippen LogP contribution in [0.4, 0.5) is 4.39 Å². The van der Waals surface area contributed by atoms with Gasteiger partial charge in [-0.2, -0.15) is 5.10 Å². The van der Waals surface area contributed by atoms with Crippen LogP contribution in [0, 0.1) is 5.82 Å². The molecule has 0 radical (unpaired) electrons. The Bertz CT molecular complexity index is 1300. The van der Waals surface area contributed by atoms with E-state index >= 15 is 0 Å². The number of aromatic amines is 1. The summed E-state index contributed by atoms with van der Waals surface area (Å²) in [6.07, 6.45) is 3.27. The quantitative estimate of drug-likeness (QED) is 0.539. The summed E-state index contributed by atoms with van der Waals surface area (Å²) in [6, 6.07) is 11.3. The van der Waals surface area contributed by atoms with Crippen molar-refractivity contribution in [2.75, 3.05) is 7.05 Å². The molecule has 29 heavy (non-hydrogen) atoms. The van der Waals surface area contributed by atoms with Gasteiger partial charge in [0.05, 0.1) is 12.7 Å². The van der Waals surface area contributed by atoms with Gasteiger partial charge in [0.15, 0.2) is 0 Å². The molecule has 146 valence electrons. The van der Waals surface area contributed by atoms with Crippen LogP contribution in [-0.2, 0) is 6.54 Å². The summed E-state index contributed by atoms with van der Waals surface area (Å²) in [5.41, 5.74) is 2.11. The van der Waals surface area contributed by atoms with Crippen LogP contribution >= 0.6 is 11.6 Å². The van der Waals surface area contributed by atoms with Crippen molar-refractivity contribution in [2.24, 2.45) is 0 Å². The van der Waals surface area contributed by atoms with Crippen LogP contribution in [-0.4, -0.2) is 27.7 Å². The molecule has 4 rings (SSSR count). The molecule has 2 aromatic heterocycles. The highest BCUT2D eigenvalue weighted by Crippen LogP contribution is 2.27. The Morgan fingerprint density at radius 1 is 1.24 bits per heavy atom. The van der Waals surface area contributed by atoms with Gasteiger partial charge in [-0.15, -0.1) is 0 Å². The minimum absolute atomic E-state index is 0.145. The number of pyridine rings is 1. The van der Waals surface area contributed by atoms with Crippen molar-refractivity contribution in [2.45, 2.75) is 6.54 Å². The van der Waals surface area contributed by atoms with Crippen molar-refractivity contribution in [3.05, 3.63) is 87.3 Å². The highest BCUT2D eigenvalue weighted by Gasteiger charge is 2.11. The van der Waals surface area contributed by atoms with Gasteiger partial charge in [-0.05, 0) is 52.9 Å². The van der Waals surface area contributed by atoms with Crippen LogP contribution in [0.3, 0.4) is 0 Å². The molecule has 0 unspecified atom stereocenters. The van der Waals surface area contributed by atoms with Crippen molar-refractivity contribution >= 4 is 28.3 Å². The molecule has 0 aliphatic rings. The Kier molecular flexibility index (Phi) is 4.90. The van der Waals surface area contributed by atoms with Crippen molar-refractivity contribution in [3.63, 3.8) is 0 Å². The van der Waals surface area contributed by atoms with Gasteiger partial charge in [0.25, 0.3) is 11.5 Å². The van der Waals surface area contributed by atoms with Crippen molar-refractivity contribution < 1.29 is 9.18 Å². The third kappa shape index (κ3) is 3.64. The van der Waals surface area contributed by atoms with E-state index in [1.807, 2.05) is 12.1 Å². The minimum atomic E-state index is -0.531. The van der Waals surface area contributed by atoms with E-state index < -0.39 is 5.82 Å². The molecule has 2 aromatic carbocycles. The lowest BCUT2D eigenvalue weighted by Gasteiger charge is -2.10. The van der Waals surface area contributed by atoms with Crippen molar-refractivity contribution in [1.82, 2.24) is 20.1 Å². The summed E-state index contributed by atoms with van der Waals surface area (Å²) in [7, 11) is 1.48. The number of nitrogens with one attached hydrogen (secondary N) is 2. The number of aromatic nitrogens is 3. The monoisotopic (exact) mass is 410 g/mol. The molecule has 0 bridgehead atoms. The van der Waals surface area contributed by atoms with E-state index in [4.69, 9.17) is 11.6 Å². The van der Waals surface area contributed by atoms with Crippen LogP contribution in [0.2, 0.25) is 5.15 Å². The third-order valence-corrected chi connectivity index (χ3v) is 4.97. The second kappa shape index (κ2) is 7.52. The highest BCUT2D eigenvalue weighted by molar-refractivity contribution is 6.32. The minimum Gasteiger partial charge on any atom is -0.355 e. The molecule has 0 fully saturated rings. The Hall–Kier alpha value is -3.45. The maximum atomic E-state index is 13.9. The van der Waals surface area contributed by atoms with Crippen LogP contribution in [0.25, 0.3) is 21.9 Å². The first kappa shape index (κ1) is 18.9. The highest BCUT2D eigenvalue weighted by atomic mass is 35.5. The first-order chi connectivity index (χ1) is 14.0. The summed E-state index contributed by atoms with van der Waals surface area (Å²) >= 11 is 6.09. The Morgan fingerprint density at radius 3 is 2.79 bits per heavy atom. The molecule has 0 aliphatic carbocycles. The fraction of sp³-hybridized carbons (Fsp3) is 0.0952. The van der Waals surface area contributed by atoms with Gasteiger partial charge in [0.2, 0.25) is 0 Å². The number of carbonyl (C=O) groups excluding carboxylic acids is 1. The normalized spacial score (nSPS) is 11.0. The van der Waals surface area contributed by atoms with Crippen LogP contribution in [0.1, 0.15) is 15.9 Å². The molecule has 1 amide bonds. The summed E-state index contributed by atoms with van der Waals surface area (Å²) in [4.78, 5) is 24.7. The summed E-state index contributed by atoms with van der Waals surface area (Å²) in [5.74, 6) is -0.918. The SMILES string of the molecule is CNC(=O)c1cc(F)cc(Cn2ccc3cc(-c4cn[nH]c4Cl)ccc3c2=O)c1. The third-order valence-electron chi connectivity index (χ3n) is 4.68. The first-order valence-electron chi connectivity index (χ1n) is 8.80. The average Bonchev–Trinajstić information content (AvgIpc) is 3.14. The number of H-pyrrole nitrogens is 1. The number of hydrogen-bond donors (Lipinski definition) is 2. The molecule has 0 saturated heterocycles. The van der Waals surface area contributed by atoms with Gasteiger partial charge in [0.1, 0.15) is 11.0 Å². The summed E-state index contributed by atoms with van der Waals surface area (Å²) in [5, 5.41) is 10.8. The number of amides is 1. The van der Waals surface area contributed by atoms with E-state index in [9.17, 15) is 14.0 Å². The Labute approximate surface area is 169 Å². The predicted octanol–water partition coefficient (Wildman–Crippen LogP) is 3.59. The lowest BCUT2D eigenvalue weighted by Crippen LogP contribution is -2.21.